The van der Waals surface area contributed by atoms with Crippen LogP contribution in [0.25, 0.3) is 0 Å². The van der Waals surface area contributed by atoms with Gasteiger partial charge < -0.3 is 15.8 Å². The predicted octanol–water partition coefficient (Wildman–Crippen LogP) is 2.30. The predicted molar refractivity (Wildman–Crippen MR) is 72.9 cm³/mol. The molecule has 0 unspecified atom stereocenters. The van der Waals surface area contributed by atoms with Crippen LogP contribution in [-0.4, -0.2) is 29.7 Å². The van der Waals surface area contributed by atoms with E-state index in [-0.39, 0.29) is 0 Å². The summed E-state index contributed by atoms with van der Waals surface area (Å²) in [4.78, 5) is 7.95. The highest BCUT2D eigenvalue weighted by Gasteiger charge is 2.04. The first-order valence-corrected chi connectivity index (χ1v) is 6.48. The molecule has 0 spiro atoms. The lowest BCUT2D eigenvalue weighted by Crippen LogP contribution is -2.12. The molecule has 0 atom stereocenters. The minimum absolute atomic E-state index is 0.434. The number of anilines is 2. The first-order chi connectivity index (χ1) is 8.11. The molecule has 0 aliphatic heterocycles. The quantitative estimate of drug-likeness (QED) is 0.756. The van der Waals surface area contributed by atoms with Gasteiger partial charge in [0.15, 0.2) is 0 Å². The van der Waals surface area contributed by atoms with Gasteiger partial charge in [0.05, 0.1) is 6.61 Å². The van der Waals surface area contributed by atoms with Crippen LogP contribution in [0.15, 0.2) is 10.8 Å². The Morgan fingerprint density at radius 2 is 2.18 bits per heavy atom. The molecule has 0 aliphatic rings. The van der Waals surface area contributed by atoms with Crippen molar-refractivity contribution in [2.24, 2.45) is 5.92 Å². The molecular formula is C11H19BrN4O. The van der Waals surface area contributed by atoms with Crippen molar-refractivity contribution in [3.8, 4) is 0 Å². The monoisotopic (exact) mass is 302 g/mol. The normalized spacial score (nSPS) is 10.8. The van der Waals surface area contributed by atoms with Gasteiger partial charge in [0, 0.05) is 13.2 Å². The molecule has 5 nitrogen and oxygen atoms in total. The number of nitrogens with two attached hydrogens (primary N) is 1. The summed E-state index contributed by atoms with van der Waals surface area (Å²) in [6.45, 7) is 6.52. The summed E-state index contributed by atoms with van der Waals surface area (Å²) < 4.78 is 6.18. The number of hydrogen-bond donors (Lipinski definition) is 2. The average molecular weight is 303 g/mol. The van der Waals surface area contributed by atoms with Crippen LogP contribution in [-0.2, 0) is 4.74 Å². The Hall–Kier alpha value is -0.880. The molecule has 0 aliphatic carbocycles. The molecule has 1 heterocycles. The molecule has 0 amide bonds. The highest BCUT2D eigenvalue weighted by molar-refractivity contribution is 9.10. The highest BCUT2D eigenvalue weighted by Crippen LogP contribution is 2.23. The third-order valence-corrected chi connectivity index (χ3v) is 2.98. The summed E-state index contributed by atoms with van der Waals surface area (Å²) in [6, 6.07) is 0. The maximum atomic E-state index is 5.64. The van der Waals surface area contributed by atoms with Gasteiger partial charge in [-0.2, -0.15) is 0 Å². The van der Waals surface area contributed by atoms with Crippen molar-refractivity contribution in [2.75, 3.05) is 30.8 Å². The van der Waals surface area contributed by atoms with Gasteiger partial charge in [-0.25, -0.2) is 9.97 Å². The standard InChI is InChI=1S/C11H19BrN4O/c1-8(2)3-5-17-6-4-14-11-9(12)10(13)15-7-16-11/h7-8H,3-6H2,1-2H3,(H3,13,14,15,16). The fraction of sp³-hybridized carbons (Fsp3) is 0.636. The lowest BCUT2D eigenvalue weighted by molar-refractivity contribution is 0.132. The maximum absolute atomic E-state index is 5.64. The Labute approximate surface area is 110 Å². The maximum Gasteiger partial charge on any atom is 0.146 e. The Kier molecular flexibility index (Phi) is 6.21. The summed E-state index contributed by atoms with van der Waals surface area (Å²) in [7, 11) is 0. The van der Waals surface area contributed by atoms with Crippen molar-refractivity contribution >= 4 is 27.6 Å². The molecule has 1 aromatic rings. The van der Waals surface area contributed by atoms with Crippen LogP contribution in [0.3, 0.4) is 0 Å². The van der Waals surface area contributed by atoms with Crippen molar-refractivity contribution in [2.45, 2.75) is 20.3 Å². The number of aromatic nitrogens is 2. The first kappa shape index (κ1) is 14.2. The van der Waals surface area contributed by atoms with Crippen molar-refractivity contribution in [3.05, 3.63) is 10.8 Å². The lowest BCUT2D eigenvalue weighted by atomic mass is 10.1. The summed E-state index contributed by atoms with van der Waals surface area (Å²) in [5, 5.41) is 3.14. The number of hydrogen-bond acceptors (Lipinski definition) is 5. The van der Waals surface area contributed by atoms with Crippen LogP contribution in [0.5, 0.6) is 0 Å². The minimum Gasteiger partial charge on any atom is -0.383 e. The summed E-state index contributed by atoms with van der Waals surface area (Å²) in [5.41, 5.74) is 5.64. The summed E-state index contributed by atoms with van der Waals surface area (Å²) in [5.74, 6) is 1.81. The molecule has 0 saturated heterocycles. The largest absolute Gasteiger partial charge is 0.383 e. The summed E-state index contributed by atoms with van der Waals surface area (Å²) in [6.07, 6.45) is 2.52. The second-order valence-corrected chi connectivity index (χ2v) is 4.94. The van der Waals surface area contributed by atoms with E-state index in [1.807, 2.05) is 0 Å². The number of halogens is 1. The highest BCUT2D eigenvalue weighted by atomic mass is 79.9. The molecule has 1 rings (SSSR count). The third kappa shape index (κ3) is 5.32. The van der Waals surface area contributed by atoms with Gasteiger partial charge in [-0.1, -0.05) is 13.8 Å². The van der Waals surface area contributed by atoms with E-state index in [1.54, 1.807) is 0 Å². The van der Waals surface area contributed by atoms with Crippen LogP contribution in [0.4, 0.5) is 11.6 Å². The topological polar surface area (TPSA) is 73.1 Å². The van der Waals surface area contributed by atoms with Crippen LogP contribution >= 0.6 is 15.9 Å². The van der Waals surface area contributed by atoms with Crippen LogP contribution in [0.2, 0.25) is 0 Å². The molecule has 0 saturated carbocycles. The van der Waals surface area contributed by atoms with Crippen molar-refractivity contribution in [1.29, 1.82) is 0 Å². The van der Waals surface area contributed by atoms with Crippen LogP contribution in [0, 0.1) is 5.92 Å². The van der Waals surface area contributed by atoms with Crippen molar-refractivity contribution in [1.82, 2.24) is 9.97 Å². The molecule has 17 heavy (non-hydrogen) atoms. The van der Waals surface area contributed by atoms with Gasteiger partial charge >= 0.3 is 0 Å². The molecule has 1 aromatic heterocycles. The van der Waals surface area contributed by atoms with Crippen LogP contribution < -0.4 is 11.1 Å². The molecule has 0 fully saturated rings. The van der Waals surface area contributed by atoms with Crippen LogP contribution in [0.1, 0.15) is 20.3 Å². The molecule has 0 bridgehead atoms. The van der Waals surface area contributed by atoms with E-state index >= 15 is 0 Å². The van der Waals surface area contributed by atoms with Gasteiger partial charge in [-0.3, -0.25) is 0 Å². The lowest BCUT2D eigenvalue weighted by Gasteiger charge is -2.09. The fourth-order valence-corrected chi connectivity index (χ4v) is 1.51. The van der Waals surface area contributed by atoms with Gasteiger partial charge in [0.25, 0.3) is 0 Å². The van der Waals surface area contributed by atoms with Gasteiger partial charge in [-0.05, 0) is 28.3 Å². The van der Waals surface area contributed by atoms with Gasteiger partial charge in [-0.15, -0.1) is 0 Å². The number of nitrogens with zero attached hydrogens (tertiary/aromatic N) is 2. The van der Waals surface area contributed by atoms with E-state index in [0.29, 0.717) is 35.2 Å². The smallest absolute Gasteiger partial charge is 0.146 e. The van der Waals surface area contributed by atoms with Gasteiger partial charge in [0.1, 0.15) is 22.4 Å². The van der Waals surface area contributed by atoms with E-state index in [0.717, 1.165) is 13.0 Å². The molecular weight excluding hydrogens is 284 g/mol. The third-order valence-electron chi connectivity index (χ3n) is 2.19. The Balaban J connectivity index is 2.20. The zero-order chi connectivity index (χ0) is 12.7. The number of nitrogens with one attached hydrogen (secondary N) is 1. The van der Waals surface area contributed by atoms with E-state index < -0.39 is 0 Å². The number of ether oxygens (including phenoxy) is 1. The van der Waals surface area contributed by atoms with E-state index in [9.17, 15) is 0 Å². The SMILES string of the molecule is CC(C)CCOCCNc1ncnc(N)c1Br. The molecule has 96 valence electrons. The van der Waals surface area contributed by atoms with Crippen molar-refractivity contribution < 1.29 is 4.74 Å². The number of rotatable bonds is 7. The van der Waals surface area contributed by atoms with E-state index in [4.69, 9.17) is 10.5 Å². The summed E-state index contributed by atoms with van der Waals surface area (Å²) >= 11 is 3.33. The number of nitrogen functional groups attached to an aromatic ring is 1. The zero-order valence-corrected chi connectivity index (χ0v) is 11.8. The Bertz CT molecular complexity index is 346. The molecule has 3 N–H and O–H groups in total. The van der Waals surface area contributed by atoms with E-state index in [1.165, 1.54) is 6.33 Å². The fourth-order valence-electron chi connectivity index (χ4n) is 1.17. The second kappa shape index (κ2) is 7.45. The molecule has 0 radical (unpaired) electrons. The van der Waals surface area contributed by atoms with Crippen molar-refractivity contribution in [3.63, 3.8) is 0 Å². The van der Waals surface area contributed by atoms with Gasteiger partial charge in [0.2, 0.25) is 0 Å². The average Bonchev–Trinajstić information content (AvgIpc) is 2.28. The molecule has 0 aromatic carbocycles. The Morgan fingerprint density at radius 1 is 1.41 bits per heavy atom. The van der Waals surface area contributed by atoms with E-state index in [2.05, 4.69) is 45.1 Å². The first-order valence-electron chi connectivity index (χ1n) is 5.69. The minimum atomic E-state index is 0.434. The Morgan fingerprint density at radius 3 is 2.88 bits per heavy atom. The second-order valence-electron chi connectivity index (χ2n) is 4.14. The molecule has 6 heteroatoms. The zero-order valence-electron chi connectivity index (χ0n) is 10.2.